The highest BCUT2D eigenvalue weighted by atomic mass is 32.2. The van der Waals surface area contributed by atoms with E-state index in [1.165, 1.54) is 22.4 Å². The van der Waals surface area contributed by atoms with E-state index in [2.05, 4.69) is 5.32 Å². The maximum Gasteiger partial charge on any atom is 0.308 e. The van der Waals surface area contributed by atoms with Crippen molar-refractivity contribution in [3.05, 3.63) is 78.3 Å². The summed E-state index contributed by atoms with van der Waals surface area (Å²) in [6.45, 7) is 2.37. The van der Waals surface area contributed by atoms with Gasteiger partial charge in [-0.25, -0.2) is 0 Å². The third-order valence-corrected chi connectivity index (χ3v) is 8.19. The molecule has 0 saturated carbocycles. The van der Waals surface area contributed by atoms with Gasteiger partial charge in [0.05, 0.1) is 16.6 Å². The molecule has 1 N–H and O–H groups in total. The normalized spacial score (nSPS) is 18.7. The van der Waals surface area contributed by atoms with Crippen molar-refractivity contribution >= 4 is 40.4 Å². The summed E-state index contributed by atoms with van der Waals surface area (Å²) >= 11 is 2.65. The molecule has 3 aromatic rings. The fourth-order valence-electron chi connectivity index (χ4n) is 4.13. The number of rotatable bonds is 4. The van der Waals surface area contributed by atoms with Crippen molar-refractivity contribution in [2.75, 3.05) is 17.7 Å². The van der Waals surface area contributed by atoms with Gasteiger partial charge in [0, 0.05) is 45.8 Å². The van der Waals surface area contributed by atoms with Crippen LogP contribution in [-0.2, 0) is 11.3 Å². The molecule has 2 aliphatic heterocycles. The number of non-ortho nitro benzene ring substituents is 1. The third kappa shape index (κ3) is 3.69. The average Bonchev–Trinajstić information content (AvgIpc) is 3.09. The smallest absolute Gasteiger partial charge is 0.308 e. The number of fused-ring (bicyclic) bond motifs is 5. The van der Waals surface area contributed by atoms with Crippen molar-refractivity contribution in [2.45, 2.75) is 24.4 Å². The van der Waals surface area contributed by atoms with Gasteiger partial charge in [0.25, 0.3) is 5.69 Å². The van der Waals surface area contributed by atoms with Crippen molar-refractivity contribution in [3.63, 3.8) is 0 Å². The van der Waals surface area contributed by atoms with Gasteiger partial charge >= 0.3 is 4.87 Å². The molecule has 0 fully saturated rings. The number of ether oxygens (including phenoxy) is 1. The number of nitro groups is 1. The molecule has 164 valence electrons. The summed E-state index contributed by atoms with van der Waals surface area (Å²) in [5.74, 6) is 0.987. The van der Waals surface area contributed by atoms with Crippen LogP contribution in [0, 0.1) is 23.0 Å². The number of hydrogen-bond donors (Lipinski definition) is 1. The molecule has 5 rings (SSSR count). The molecule has 10 heteroatoms. The van der Waals surface area contributed by atoms with Gasteiger partial charge in [-0.15, -0.1) is 11.8 Å². The van der Waals surface area contributed by atoms with Crippen molar-refractivity contribution in [3.8, 4) is 5.75 Å². The van der Waals surface area contributed by atoms with E-state index in [9.17, 15) is 19.7 Å². The molecule has 0 unspecified atom stereocenters. The van der Waals surface area contributed by atoms with E-state index in [0.29, 0.717) is 23.8 Å². The van der Waals surface area contributed by atoms with Crippen LogP contribution in [0.1, 0.15) is 21.9 Å². The Kier molecular flexibility index (Phi) is 5.26. The highest BCUT2D eigenvalue weighted by molar-refractivity contribution is 7.99. The lowest BCUT2D eigenvalue weighted by Gasteiger charge is -2.36. The van der Waals surface area contributed by atoms with E-state index in [1.54, 1.807) is 12.1 Å². The Balaban J connectivity index is 1.47. The van der Waals surface area contributed by atoms with Crippen LogP contribution in [-0.4, -0.2) is 27.8 Å². The Bertz CT molecular complexity index is 1280. The highest BCUT2D eigenvalue weighted by Crippen LogP contribution is 2.51. The predicted octanol–water partition coefficient (Wildman–Crippen LogP) is 4.01. The van der Waals surface area contributed by atoms with Crippen LogP contribution in [0.25, 0.3) is 0 Å². The number of carbonyl (C=O) groups excluding carboxylic acids is 1. The number of nitrogens with one attached hydrogen (secondary N) is 1. The lowest BCUT2D eigenvalue weighted by Crippen LogP contribution is -2.31. The zero-order chi connectivity index (χ0) is 22.4. The third-order valence-electron chi connectivity index (χ3n) is 5.69. The summed E-state index contributed by atoms with van der Waals surface area (Å²) in [4.78, 5) is 37.0. The quantitative estimate of drug-likeness (QED) is 0.457. The van der Waals surface area contributed by atoms with Crippen LogP contribution in [0.3, 0.4) is 0 Å². The molecule has 0 spiro atoms. The molecular weight excluding hydrogens is 450 g/mol. The van der Waals surface area contributed by atoms with Crippen LogP contribution in [0.5, 0.6) is 5.75 Å². The minimum absolute atomic E-state index is 0.00275. The summed E-state index contributed by atoms with van der Waals surface area (Å²) in [5.41, 5.74) is 2.50. The number of aryl methyl sites for hydroxylation is 1. The molecule has 2 aromatic carbocycles. The van der Waals surface area contributed by atoms with Crippen molar-refractivity contribution in [1.29, 1.82) is 0 Å². The molecule has 3 heterocycles. The van der Waals surface area contributed by atoms with Crippen LogP contribution >= 0.6 is 23.1 Å². The minimum Gasteiger partial charge on any atom is -0.493 e. The summed E-state index contributed by atoms with van der Waals surface area (Å²) < 4.78 is 7.35. The molecule has 2 aliphatic rings. The van der Waals surface area contributed by atoms with Crippen LogP contribution in [0.4, 0.5) is 11.4 Å². The van der Waals surface area contributed by atoms with Crippen molar-refractivity contribution < 1.29 is 14.5 Å². The van der Waals surface area contributed by atoms with Crippen molar-refractivity contribution in [2.24, 2.45) is 5.92 Å². The number of nitro benzene ring substituents is 1. The summed E-state index contributed by atoms with van der Waals surface area (Å²) in [6, 6.07) is 12.1. The Morgan fingerprint density at radius 1 is 1.28 bits per heavy atom. The number of benzene rings is 2. The highest BCUT2D eigenvalue weighted by Gasteiger charge is 2.40. The Labute approximate surface area is 191 Å². The SMILES string of the molecule is Cc1ccc(NC(=O)Cn2c3c(sc2=O)[C@@H]2c4cc([N+](=O)[O-])ccc4OC[C@@H]2CS3)cc1. The molecule has 0 aliphatic carbocycles. The van der Waals surface area contributed by atoms with Gasteiger partial charge in [0.1, 0.15) is 12.3 Å². The fourth-order valence-corrected chi connectivity index (χ4v) is 6.82. The first-order valence-electron chi connectivity index (χ1n) is 10.0. The zero-order valence-electron chi connectivity index (χ0n) is 17.1. The maximum absolute atomic E-state index is 12.8. The Hall–Kier alpha value is -3.11. The molecule has 0 radical (unpaired) electrons. The zero-order valence-corrected chi connectivity index (χ0v) is 18.7. The van der Waals surface area contributed by atoms with Gasteiger partial charge in [0.2, 0.25) is 5.91 Å². The van der Waals surface area contributed by atoms with E-state index in [-0.39, 0.29) is 34.8 Å². The molecule has 32 heavy (non-hydrogen) atoms. The van der Waals surface area contributed by atoms with Gasteiger partial charge in [-0.1, -0.05) is 29.0 Å². The molecule has 1 amide bonds. The van der Waals surface area contributed by atoms with Gasteiger partial charge in [0.15, 0.2) is 0 Å². The van der Waals surface area contributed by atoms with Crippen molar-refractivity contribution in [1.82, 2.24) is 4.57 Å². The number of anilines is 1. The second kappa shape index (κ2) is 8.10. The second-order valence-corrected chi connectivity index (χ2v) is 9.88. The van der Waals surface area contributed by atoms with E-state index < -0.39 is 4.92 Å². The summed E-state index contributed by atoms with van der Waals surface area (Å²) in [5, 5.41) is 14.9. The van der Waals surface area contributed by atoms with Gasteiger partial charge in [-0.05, 0) is 25.1 Å². The first-order valence-corrected chi connectivity index (χ1v) is 11.8. The number of thiazole rings is 1. The van der Waals surface area contributed by atoms with E-state index in [4.69, 9.17) is 4.74 Å². The summed E-state index contributed by atoms with van der Waals surface area (Å²) in [6.07, 6.45) is 0. The number of nitrogens with zero attached hydrogens (tertiary/aromatic N) is 2. The van der Waals surface area contributed by atoms with Crippen LogP contribution < -0.4 is 14.9 Å². The topological polar surface area (TPSA) is 103 Å². The molecule has 0 saturated heterocycles. The van der Waals surface area contributed by atoms with E-state index in [1.807, 2.05) is 31.2 Å². The van der Waals surface area contributed by atoms with Crippen LogP contribution in [0.2, 0.25) is 0 Å². The van der Waals surface area contributed by atoms with E-state index in [0.717, 1.165) is 32.4 Å². The number of hydrogen-bond acceptors (Lipinski definition) is 7. The molecule has 8 nitrogen and oxygen atoms in total. The number of amides is 1. The van der Waals surface area contributed by atoms with E-state index >= 15 is 0 Å². The number of aromatic nitrogens is 1. The Morgan fingerprint density at radius 3 is 2.81 bits per heavy atom. The second-order valence-electron chi connectivity index (χ2n) is 7.88. The Morgan fingerprint density at radius 2 is 2.06 bits per heavy atom. The number of carbonyl (C=O) groups is 1. The first kappa shape index (κ1) is 20.8. The lowest BCUT2D eigenvalue weighted by atomic mass is 9.83. The van der Waals surface area contributed by atoms with Gasteiger partial charge in [-0.3, -0.25) is 24.3 Å². The largest absolute Gasteiger partial charge is 0.493 e. The lowest BCUT2D eigenvalue weighted by molar-refractivity contribution is -0.385. The maximum atomic E-state index is 12.8. The average molecular weight is 470 g/mol. The first-order chi connectivity index (χ1) is 15.4. The summed E-state index contributed by atoms with van der Waals surface area (Å²) in [7, 11) is 0. The molecule has 1 aromatic heterocycles. The van der Waals surface area contributed by atoms with Crippen LogP contribution in [0.15, 0.2) is 52.3 Å². The molecule has 0 bridgehead atoms. The number of thioether (sulfide) groups is 1. The van der Waals surface area contributed by atoms with Gasteiger partial charge in [-0.2, -0.15) is 0 Å². The monoisotopic (exact) mass is 469 g/mol. The standard InChI is InChI=1S/C22H19N3O5S2/c1-12-2-4-14(5-3-12)23-18(26)9-24-21-20(32-22(24)27)19-13(11-31-21)10-30-17-7-6-15(25(28)29)8-16(17)19/h2-8,13,19H,9-11H2,1H3,(H,23,26)/t13-,19+/m1/s1. The fraction of sp³-hybridized carbons (Fsp3) is 0.273. The van der Waals surface area contributed by atoms with Gasteiger partial charge < -0.3 is 10.1 Å². The minimum atomic E-state index is -0.425. The predicted molar refractivity (Wildman–Crippen MR) is 123 cm³/mol. The molecular formula is C22H19N3O5S2. The molecule has 2 atom stereocenters.